The molecule has 0 bridgehead atoms. The van der Waals surface area contributed by atoms with Gasteiger partial charge in [-0.25, -0.2) is 4.79 Å². The van der Waals surface area contributed by atoms with Gasteiger partial charge in [0.25, 0.3) is 5.69 Å². The van der Waals surface area contributed by atoms with Crippen LogP contribution in [0.1, 0.15) is 0 Å². The second kappa shape index (κ2) is 5.01. The number of anilines is 2. The molecule has 0 unspecified atom stereocenters. The number of hydrogen-bond donors (Lipinski definition) is 2. The minimum Gasteiger partial charge on any atom is -0.465 e. The van der Waals surface area contributed by atoms with Gasteiger partial charge in [0.1, 0.15) is 5.69 Å². The third-order valence-corrected chi connectivity index (χ3v) is 3.12. The minimum atomic E-state index is -0.928. The molecule has 0 radical (unpaired) electrons. The summed E-state index contributed by atoms with van der Waals surface area (Å²) in [6.07, 6.45) is -0.928. The van der Waals surface area contributed by atoms with Crippen molar-refractivity contribution in [2.24, 2.45) is 0 Å². The summed E-state index contributed by atoms with van der Waals surface area (Å²) < 4.78 is 0. The Morgan fingerprint density at radius 3 is 2.42 bits per heavy atom. The van der Waals surface area contributed by atoms with Gasteiger partial charge in [0, 0.05) is 37.9 Å². The molecular formula is C11H14N4O4. The van der Waals surface area contributed by atoms with Gasteiger partial charge in [0.15, 0.2) is 0 Å². The molecule has 1 aromatic carbocycles. The van der Waals surface area contributed by atoms with E-state index in [1.165, 1.54) is 11.0 Å². The number of nitro groups is 1. The standard InChI is InChI=1S/C11H14N4O4/c12-9-7-8(1-2-10(9)15(18)19)13-3-5-14(6-4-13)11(16)17/h1-2,7H,3-6,12H2,(H,16,17). The van der Waals surface area contributed by atoms with Gasteiger partial charge in [0.05, 0.1) is 4.92 Å². The van der Waals surface area contributed by atoms with Crippen molar-refractivity contribution < 1.29 is 14.8 Å². The molecule has 0 atom stereocenters. The van der Waals surface area contributed by atoms with Gasteiger partial charge in [-0.1, -0.05) is 0 Å². The van der Waals surface area contributed by atoms with E-state index in [-0.39, 0.29) is 11.4 Å². The van der Waals surface area contributed by atoms with E-state index in [1.54, 1.807) is 12.1 Å². The lowest BCUT2D eigenvalue weighted by molar-refractivity contribution is -0.383. The molecule has 1 fully saturated rings. The molecule has 1 saturated heterocycles. The SMILES string of the molecule is Nc1cc(N2CCN(C(=O)O)CC2)ccc1[N+](=O)[O-]. The van der Waals surface area contributed by atoms with Crippen molar-refractivity contribution in [3.05, 3.63) is 28.3 Å². The van der Waals surface area contributed by atoms with Crippen LogP contribution in [0, 0.1) is 10.1 Å². The van der Waals surface area contributed by atoms with Crippen LogP contribution in [0.25, 0.3) is 0 Å². The fraction of sp³-hybridized carbons (Fsp3) is 0.364. The number of carboxylic acid groups (broad SMARTS) is 1. The maximum absolute atomic E-state index is 10.8. The summed E-state index contributed by atoms with van der Waals surface area (Å²) in [6.45, 7) is 1.91. The maximum Gasteiger partial charge on any atom is 0.407 e. The predicted molar refractivity (Wildman–Crippen MR) is 69.3 cm³/mol. The van der Waals surface area contributed by atoms with E-state index >= 15 is 0 Å². The van der Waals surface area contributed by atoms with E-state index < -0.39 is 11.0 Å². The fourth-order valence-corrected chi connectivity index (χ4v) is 2.06. The number of nitrogens with two attached hydrogens (primary N) is 1. The second-order valence-electron chi connectivity index (χ2n) is 4.26. The first kappa shape index (κ1) is 12.9. The molecule has 8 heteroatoms. The largest absolute Gasteiger partial charge is 0.465 e. The van der Waals surface area contributed by atoms with Crippen molar-refractivity contribution in [2.45, 2.75) is 0 Å². The molecule has 0 spiro atoms. The number of hydrogen-bond acceptors (Lipinski definition) is 5. The summed E-state index contributed by atoms with van der Waals surface area (Å²) in [7, 11) is 0. The molecule has 2 rings (SSSR count). The first-order valence-corrected chi connectivity index (χ1v) is 5.76. The van der Waals surface area contributed by atoms with Gasteiger partial charge in [-0.3, -0.25) is 10.1 Å². The Kier molecular flexibility index (Phi) is 3.41. The topological polar surface area (TPSA) is 113 Å². The number of piperazine rings is 1. The Morgan fingerprint density at radius 2 is 1.95 bits per heavy atom. The highest BCUT2D eigenvalue weighted by molar-refractivity contribution is 5.68. The van der Waals surface area contributed by atoms with Crippen molar-refractivity contribution in [3.63, 3.8) is 0 Å². The summed E-state index contributed by atoms with van der Waals surface area (Å²) in [6, 6.07) is 4.55. The summed E-state index contributed by atoms with van der Waals surface area (Å²) in [4.78, 5) is 24.2. The molecule has 3 N–H and O–H groups in total. The van der Waals surface area contributed by atoms with E-state index in [0.717, 1.165) is 5.69 Å². The number of nitrogens with zero attached hydrogens (tertiary/aromatic N) is 3. The number of amides is 1. The number of nitro benzene ring substituents is 1. The summed E-state index contributed by atoms with van der Waals surface area (Å²) in [5, 5.41) is 19.5. The molecule has 0 saturated carbocycles. The lowest BCUT2D eigenvalue weighted by atomic mass is 10.2. The molecule has 8 nitrogen and oxygen atoms in total. The van der Waals surface area contributed by atoms with Crippen molar-refractivity contribution in [1.82, 2.24) is 4.90 Å². The Bertz CT molecular complexity index is 511. The first-order valence-electron chi connectivity index (χ1n) is 5.76. The van der Waals surface area contributed by atoms with Gasteiger partial charge < -0.3 is 20.6 Å². The highest BCUT2D eigenvalue weighted by atomic mass is 16.6. The average molecular weight is 266 g/mol. The summed E-state index contributed by atoms with van der Waals surface area (Å²) in [5.41, 5.74) is 6.40. The zero-order chi connectivity index (χ0) is 14.0. The van der Waals surface area contributed by atoms with Crippen LogP contribution in [0.4, 0.5) is 21.9 Å². The van der Waals surface area contributed by atoms with Crippen molar-refractivity contribution in [1.29, 1.82) is 0 Å². The van der Waals surface area contributed by atoms with E-state index in [0.29, 0.717) is 26.2 Å². The molecule has 1 aliphatic rings. The number of benzene rings is 1. The van der Waals surface area contributed by atoms with E-state index in [9.17, 15) is 14.9 Å². The minimum absolute atomic E-state index is 0.114. The van der Waals surface area contributed by atoms with Crippen LogP contribution in [0.2, 0.25) is 0 Å². The highest BCUT2D eigenvalue weighted by Crippen LogP contribution is 2.27. The molecule has 1 aliphatic heterocycles. The Hall–Kier alpha value is -2.51. The van der Waals surface area contributed by atoms with E-state index in [4.69, 9.17) is 10.8 Å². The Morgan fingerprint density at radius 1 is 1.32 bits per heavy atom. The zero-order valence-corrected chi connectivity index (χ0v) is 10.2. The van der Waals surface area contributed by atoms with Gasteiger partial charge in [-0.05, 0) is 12.1 Å². The van der Waals surface area contributed by atoms with Crippen LogP contribution >= 0.6 is 0 Å². The molecule has 0 aromatic heterocycles. The smallest absolute Gasteiger partial charge is 0.407 e. The Labute approximate surface area is 109 Å². The van der Waals surface area contributed by atoms with Gasteiger partial charge in [0.2, 0.25) is 0 Å². The summed E-state index contributed by atoms with van der Waals surface area (Å²) in [5.74, 6) is 0. The Balaban J connectivity index is 2.10. The molecule has 19 heavy (non-hydrogen) atoms. The van der Waals surface area contributed by atoms with Gasteiger partial charge in [-0.2, -0.15) is 0 Å². The maximum atomic E-state index is 10.8. The van der Waals surface area contributed by atoms with Crippen molar-refractivity contribution in [3.8, 4) is 0 Å². The first-order chi connectivity index (χ1) is 8.99. The van der Waals surface area contributed by atoms with Crippen LogP contribution in [-0.4, -0.2) is 47.2 Å². The molecule has 1 heterocycles. The number of nitrogen functional groups attached to an aromatic ring is 1. The van der Waals surface area contributed by atoms with E-state index in [2.05, 4.69) is 0 Å². The zero-order valence-electron chi connectivity index (χ0n) is 10.2. The van der Waals surface area contributed by atoms with Crippen LogP contribution < -0.4 is 10.6 Å². The van der Waals surface area contributed by atoms with Gasteiger partial charge in [-0.15, -0.1) is 0 Å². The van der Waals surface area contributed by atoms with Crippen molar-refractivity contribution >= 4 is 23.2 Å². The molecular weight excluding hydrogens is 252 g/mol. The second-order valence-corrected chi connectivity index (χ2v) is 4.26. The third-order valence-electron chi connectivity index (χ3n) is 3.12. The lowest BCUT2D eigenvalue weighted by Gasteiger charge is -2.34. The number of carbonyl (C=O) groups is 1. The molecule has 0 aliphatic carbocycles. The number of rotatable bonds is 2. The van der Waals surface area contributed by atoms with Crippen LogP contribution in [-0.2, 0) is 0 Å². The molecule has 1 aromatic rings. The summed E-state index contributed by atoms with van der Waals surface area (Å²) >= 11 is 0. The quantitative estimate of drug-likeness (QED) is 0.468. The highest BCUT2D eigenvalue weighted by Gasteiger charge is 2.21. The third kappa shape index (κ3) is 2.67. The van der Waals surface area contributed by atoms with E-state index in [1.807, 2.05) is 4.90 Å². The monoisotopic (exact) mass is 266 g/mol. The average Bonchev–Trinajstić information content (AvgIpc) is 2.38. The van der Waals surface area contributed by atoms with Crippen molar-refractivity contribution in [2.75, 3.05) is 36.8 Å². The predicted octanol–water partition coefficient (Wildman–Crippen LogP) is 0.977. The van der Waals surface area contributed by atoms with Crippen LogP contribution in [0.15, 0.2) is 18.2 Å². The fourth-order valence-electron chi connectivity index (χ4n) is 2.06. The van der Waals surface area contributed by atoms with Gasteiger partial charge >= 0.3 is 6.09 Å². The molecule has 102 valence electrons. The lowest BCUT2D eigenvalue weighted by Crippen LogP contribution is -2.48. The van der Waals surface area contributed by atoms with Crippen LogP contribution in [0.5, 0.6) is 0 Å². The normalized spacial score (nSPS) is 15.4. The van der Waals surface area contributed by atoms with Crippen LogP contribution in [0.3, 0.4) is 0 Å². The molecule has 1 amide bonds.